The second-order valence-electron chi connectivity index (χ2n) is 12.8. The predicted molar refractivity (Wildman–Crippen MR) is 209 cm³/mol. The Balaban J connectivity index is 1.38. The molecule has 0 radical (unpaired) electrons. The van der Waals surface area contributed by atoms with Gasteiger partial charge < -0.3 is 32.2 Å². The quantitative estimate of drug-likeness (QED) is 0.0551. The standard InChI is InChI=1S/C36H43N15O5/c1-5-50-26(14-19(3)46-50)33(55)44-35-42-24-16-21(30(38)53)15-23(40-10-9-13-52)28(24)48(35)11-7-8-12-49-32-25(17-22(18-41-32)31(39)54)43-36(49)45-34(56)29-27(37)20(4)47-51(29)6-2/h7-8,14-18,40,52H,5-6,9-13,37H2,1-4H3,(H2,38,53)(H2,39,54)(H,42,44,55)(H,43,45,56)/b8-7+. The number of aliphatic hydroxyl groups excluding tert-OH is 1. The highest BCUT2D eigenvalue weighted by Gasteiger charge is 2.24. The number of nitrogens with zero attached hydrogens (tertiary/aromatic N) is 9. The van der Waals surface area contributed by atoms with Gasteiger partial charge in [-0.05, 0) is 58.4 Å². The molecule has 0 aliphatic heterocycles. The summed E-state index contributed by atoms with van der Waals surface area (Å²) in [5.41, 5.74) is 21.8. The molecule has 6 rings (SSSR count). The number of hydrogen-bond acceptors (Lipinski definition) is 12. The van der Waals surface area contributed by atoms with Crippen LogP contribution in [-0.2, 0) is 26.2 Å². The van der Waals surface area contributed by atoms with E-state index < -0.39 is 23.6 Å². The van der Waals surface area contributed by atoms with E-state index in [4.69, 9.17) is 22.2 Å². The molecule has 5 aromatic heterocycles. The van der Waals surface area contributed by atoms with Crippen LogP contribution in [0.5, 0.6) is 0 Å². The van der Waals surface area contributed by atoms with Crippen LogP contribution in [0.25, 0.3) is 22.2 Å². The van der Waals surface area contributed by atoms with Crippen molar-refractivity contribution in [2.24, 2.45) is 11.5 Å². The molecule has 0 unspecified atom stereocenters. The molecule has 0 aliphatic rings. The summed E-state index contributed by atoms with van der Waals surface area (Å²) < 4.78 is 6.49. The Labute approximate surface area is 319 Å². The molecule has 0 bridgehead atoms. The van der Waals surface area contributed by atoms with Crippen molar-refractivity contribution >= 4 is 69.1 Å². The summed E-state index contributed by atoms with van der Waals surface area (Å²) in [5.74, 6) is -2.02. The molecule has 56 heavy (non-hydrogen) atoms. The van der Waals surface area contributed by atoms with Crippen molar-refractivity contribution in [3.05, 3.63) is 76.5 Å². The van der Waals surface area contributed by atoms with Crippen molar-refractivity contribution < 1.29 is 24.3 Å². The number of fused-ring (bicyclic) bond motifs is 2. The summed E-state index contributed by atoms with van der Waals surface area (Å²) in [6.07, 6.45) is 5.38. The molecule has 292 valence electrons. The van der Waals surface area contributed by atoms with Gasteiger partial charge in [-0.3, -0.25) is 43.7 Å². The van der Waals surface area contributed by atoms with Crippen LogP contribution in [0.1, 0.15) is 73.3 Å². The number of nitrogens with one attached hydrogen (secondary N) is 3. The summed E-state index contributed by atoms with van der Waals surface area (Å²) >= 11 is 0. The third-order valence-corrected chi connectivity index (χ3v) is 8.96. The van der Waals surface area contributed by atoms with Crippen molar-refractivity contribution in [3.8, 4) is 0 Å². The average Bonchev–Trinajstić information content (AvgIpc) is 3.90. The van der Waals surface area contributed by atoms with Crippen LogP contribution in [0, 0.1) is 13.8 Å². The minimum atomic E-state index is -0.688. The molecular weight excluding hydrogens is 722 g/mol. The number of aliphatic hydroxyl groups is 1. The highest BCUT2D eigenvalue weighted by molar-refractivity contribution is 6.07. The van der Waals surface area contributed by atoms with E-state index in [0.29, 0.717) is 71.0 Å². The number of pyridine rings is 1. The molecule has 10 N–H and O–H groups in total. The van der Waals surface area contributed by atoms with Gasteiger partial charge >= 0.3 is 0 Å². The van der Waals surface area contributed by atoms with Crippen LogP contribution in [0.3, 0.4) is 0 Å². The third-order valence-electron chi connectivity index (χ3n) is 8.96. The first-order chi connectivity index (χ1) is 26.8. The summed E-state index contributed by atoms with van der Waals surface area (Å²) in [4.78, 5) is 65.2. The van der Waals surface area contributed by atoms with E-state index in [1.807, 2.05) is 19.9 Å². The maximum atomic E-state index is 13.6. The second kappa shape index (κ2) is 16.1. The van der Waals surface area contributed by atoms with Crippen molar-refractivity contribution in [2.45, 2.75) is 60.3 Å². The maximum Gasteiger partial charge on any atom is 0.278 e. The lowest BCUT2D eigenvalue weighted by Crippen LogP contribution is -2.21. The van der Waals surface area contributed by atoms with E-state index in [-0.39, 0.29) is 54.1 Å². The number of nitrogen functional groups attached to an aromatic ring is 1. The van der Waals surface area contributed by atoms with E-state index in [2.05, 4.69) is 36.1 Å². The highest BCUT2D eigenvalue weighted by Crippen LogP contribution is 2.30. The Morgan fingerprint density at radius 3 is 2.14 bits per heavy atom. The van der Waals surface area contributed by atoms with E-state index in [1.165, 1.54) is 16.9 Å². The first kappa shape index (κ1) is 38.6. The lowest BCUT2D eigenvalue weighted by Gasteiger charge is -2.13. The van der Waals surface area contributed by atoms with Crippen LogP contribution in [0.2, 0.25) is 0 Å². The van der Waals surface area contributed by atoms with Gasteiger partial charge in [0.1, 0.15) is 16.9 Å². The number of carbonyl (C=O) groups excluding carboxylic acids is 4. The summed E-state index contributed by atoms with van der Waals surface area (Å²) in [7, 11) is 0. The second-order valence-corrected chi connectivity index (χ2v) is 12.8. The molecule has 4 amide bonds. The van der Waals surface area contributed by atoms with E-state index in [9.17, 15) is 24.3 Å². The lowest BCUT2D eigenvalue weighted by atomic mass is 10.1. The van der Waals surface area contributed by atoms with E-state index in [1.54, 1.807) is 51.9 Å². The van der Waals surface area contributed by atoms with Gasteiger partial charge in [0, 0.05) is 51.1 Å². The van der Waals surface area contributed by atoms with Gasteiger partial charge in [0.2, 0.25) is 23.7 Å². The number of hydrogen-bond donors (Lipinski definition) is 7. The normalized spacial score (nSPS) is 11.5. The van der Waals surface area contributed by atoms with Gasteiger partial charge in [-0.15, -0.1) is 0 Å². The zero-order valence-corrected chi connectivity index (χ0v) is 31.3. The van der Waals surface area contributed by atoms with Gasteiger partial charge in [0.25, 0.3) is 11.8 Å². The van der Waals surface area contributed by atoms with Crippen LogP contribution in [0.15, 0.2) is 42.6 Å². The van der Waals surface area contributed by atoms with Crippen molar-refractivity contribution in [1.82, 2.24) is 43.6 Å². The highest BCUT2D eigenvalue weighted by atomic mass is 16.3. The fourth-order valence-electron chi connectivity index (χ4n) is 6.25. The summed E-state index contributed by atoms with van der Waals surface area (Å²) in [6.45, 7) is 8.72. The van der Waals surface area contributed by atoms with Gasteiger partial charge in [-0.25, -0.2) is 15.0 Å². The van der Waals surface area contributed by atoms with Crippen LogP contribution < -0.4 is 33.2 Å². The molecule has 20 nitrogen and oxygen atoms in total. The number of aromatic nitrogens is 9. The monoisotopic (exact) mass is 765 g/mol. The lowest BCUT2D eigenvalue weighted by molar-refractivity contribution is 0.0992. The maximum absolute atomic E-state index is 13.6. The molecule has 5 heterocycles. The largest absolute Gasteiger partial charge is 0.396 e. The fraction of sp³-hybridized carbons (Fsp3) is 0.306. The number of anilines is 4. The molecule has 0 atom stereocenters. The molecule has 0 aliphatic carbocycles. The van der Waals surface area contributed by atoms with Crippen molar-refractivity contribution in [2.75, 3.05) is 34.8 Å². The Morgan fingerprint density at radius 1 is 0.821 bits per heavy atom. The number of nitrogens with two attached hydrogens (primary N) is 3. The molecule has 0 spiro atoms. The Hall–Kier alpha value is -7.09. The van der Waals surface area contributed by atoms with Gasteiger partial charge in [0.05, 0.1) is 39.4 Å². The first-order valence-electron chi connectivity index (χ1n) is 17.8. The topological polar surface area (TPSA) is 287 Å². The number of allylic oxidation sites excluding steroid dienone is 2. The number of primary amides is 2. The zero-order chi connectivity index (χ0) is 40.3. The smallest absolute Gasteiger partial charge is 0.278 e. The Morgan fingerprint density at radius 2 is 1.46 bits per heavy atom. The van der Waals surface area contributed by atoms with Crippen molar-refractivity contribution in [1.29, 1.82) is 0 Å². The van der Waals surface area contributed by atoms with Crippen molar-refractivity contribution in [3.63, 3.8) is 0 Å². The number of amides is 4. The van der Waals surface area contributed by atoms with Crippen LogP contribution in [0.4, 0.5) is 23.3 Å². The minimum Gasteiger partial charge on any atom is -0.396 e. The average molecular weight is 766 g/mol. The minimum absolute atomic E-state index is 0.0567. The zero-order valence-electron chi connectivity index (χ0n) is 31.3. The number of rotatable bonds is 16. The Kier molecular flexibility index (Phi) is 11.1. The molecule has 1 aromatic carbocycles. The van der Waals surface area contributed by atoms with E-state index in [0.717, 1.165) is 0 Å². The molecule has 20 heteroatoms. The fourth-order valence-corrected chi connectivity index (χ4v) is 6.25. The molecule has 0 fully saturated rings. The summed E-state index contributed by atoms with van der Waals surface area (Å²) in [6, 6.07) is 6.31. The Bertz CT molecular complexity index is 2520. The predicted octanol–water partition coefficient (Wildman–Crippen LogP) is 2.17. The molecule has 6 aromatic rings. The summed E-state index contributed by atoms with van der Waals surface area (Å²) in [5, 5.41) is 27.1. The third kappa shape index (κ3) is 7.62. The SMILES string of the molecule is CCn1nc(C)cc1C(=O)Nc1nc2cc(C(N)=O)cc(NCCCO)c2n1C/C=C/Cn1c(NC(=O)c2c(N)c(C)nn2CC)nc2cc(C(N)=O)cnc21. The number of aryl methyl sites for hydroxylation is 4. The number of carbonyl (C=O) groups is 4. The number of benzene rings is 1. The number of imidazole rings is 2. The van der Waals surface area contributed by atoms with Gasteiger partial charge in [0.15, 0.2) is 5.65 Å². The van der Waals surface area contributed by atoms with E-state index >= 15 is 0 Å². The molecular formula is C36H43N15O5. The molecule has 0 saturated heterocycles. The van der Waals surface area contributed by atoms with Crippen LogP contribution in [-0.4, -0.2) is 85.5 Å². The van der Waals surface area contributed by atoms with Crippen LogP contribution >= 0.6 is 0 Å². The molecule has 0 saturated carbocycles. The first-order valence-corrected chi connectivity index (χ1v) is 17.8. The van der Waals surface area contributed by atoms with Gasteiger partial charge in [-0.1, -0.05) is 12.2 Å². The van der Waals surface area contributed by atoms with Gasteiger partial charge in [-0.2, -0.15) is 10.2 Å².